The van der Waals surface area contributed by atoms with E-state index in [1.807, 2.05) is 50.2 Å². The fourth-order valence-electron chi connectivity index (χ4n) is 3.76. The van der Waals surface area contributed by atoms with Gasteiger partial charge in [0.05, 0.1) is 0 Å². The predicted molar refractivity (Wildman–Crippen MR) is 114 cm³/mol. The van der Waals surface area contributed by atoms with Gasteiger partial charge in [0.1, 0.15) is 5.54 Å². The Kier molecular flexibility index (Phi) is 4.81. The van der Waals surface area contributed by atoms with Gasteiger partial charge in [-0.25, -0.2) is 4.79 Å². The Morgan fingerprint density at radius 1 is 1.10 bits per heavy atom. The maximum atomic E-state index is 12.9. The summed E-state index contributed by atoms with van der Waals surface area (Å²) in [5.74, 6) is -0.975. The van der Waals surface area contributed by atoms with Gasteiger partial charge in [-0.15, -0.1) is 0 Å². The van der Waals surface area contributed by atoms with Gasteiger partial charge in [-0.2, -0.15) is 5.01 Å². The summed E-state index contributed by atoms with van der Waals surface area (Å²) in [5.41, 5.74) is 5.87. The zero-order chi connectivity index (χ0) is 21.5. The molecule has 7 heteroatoms. The van der Waals surface area contributed by atoms with Crippen LogP contribution < -0.4 is 10.7 Å². The van der Waals surface area contributed by atoms with Gasteiger partial charge in [0.15, 0.2) is 0 Å². The zero-order valence-electron chi connectivity index (χ0n) is 17.2. The molecule has 4 amide bonds. The van der Waals surface area contributed by atoms with Gasteiger partial charge in [-0.1, -0.05) is 30.3 Å². The Balaban J connectivity index is 1.49. The van der Waals surface area contributed by atoms with Gasteiger partial charge in [0, 0.05) is 22.2 Å². The van der Waals surface area contributed by atoms with Gasteiger partial charge >= 0.3 is 6.03 Å². The number of aromatic amines is 1. The molecule has 30 heavy (non-hydrogen) atoms. The first-order valence-corrected chi connectivity index (χ1v) is 9.89. The maximum Gasteiger partial charge on any atom is 0.344 e. The standard InChI is InChI=1S/C23H24N4O3/c1-14-15(2)24-19-10-9-17(13-18(14)19)20(28)26-27-21(29)23(3,25-22(27)30)12-11-16-7-5-4-6-8-16/h4-10,13,24H,11-12H2,1-3H3,(H,25,30)(H,26,28)/t23-/m1/s1. The average Bonchev–Trinajstić information content (AvgIpc) is 3.14. The highest BCUT2D eigenvalue weighted by Gasteiger charge is 2.48. The molecular formula is C23H24N4O3. The minimum Gasteiger partial charge on any atom is -0.358 e. The predicted octanol–water partition coefficient (Wildman–Crippen LogP) is 3.37. The fraction of sp³-hybridized carbons (Fsp3) is 0.261. The number of nitrogens with zero attached hydrogens (tertiary/aromatic N) is 1. The van der Waals surface area contributed by atoms with E-state index in [4.69, 9.17) is 0 Å². The number of amides is 4. The molecular weight excluding hydrogens is 380 g/mol. The molecule has 154 valence electrons. The number of imide groups is 1. The van der Waals surface area contributed by atoms with Crippen molar-refractivity contribution in [1.29, 1.82) is 0 Å². The van der Waals surface area contributed by atoms with Crippen molar-refractivity contribution in [3.63, 3.8) is 0 Å². The lowest BCUT2D eigenvalue weighted by atomic mass is 9.93. The molecule has 1 aromatic heterocycles. The molecule has 1 aliphatic heterocycles. The van der Waals surface area contributed by atoms with E-state index in [2.05, 4.69) is 15.7 Å². The van der Waals surface area contributed by atoms with Crippen molar-refractivity contribution >= 4 is 28.7 Å². The van der Waals surface area contributed by atoms with Gasteiger partial charge in [-0.3, -0.25) is 15.0 Å². The molecule has 1 aliphatic rings. The number of hydrogen-bond acceptors (Lipinski definition) is 3. The lowest BCUT2D eigenvalue weighted by molar-refractivity contribution is -0.132. The smallest absolute Gasteiger partial charge is 0.344 e. The van der Waals surface area contributed by atoms with Crippen LogP contribution in [-0.4, -0.2) is 33.4 Å². The molecule has 0 radical (unpaired) electrons. The van der Waals surface area contributed by atoms with Crippen LogP contribution in [0.1, 0.15) is 40.5 Å². The summed E-state index contributed by atoms with van der Waals surface area (Å²) in [6.07, 6.45) is 1.07. The normalized spacial score (nSPS) is 18.7. The van der Waals surface area contributed by atoms with Crippen molar-refractivity contribution < 1.29 is 14.4 Å². The molecule has 1 atom stereocenters. The topological polar surface area (TPSA) is 94.3 Å². The quantitative estimate of drug-likeness (QED) is 0.569. The third-order valence-electron chi connectivity index (χ3n) is 5.80. The summed E-state index contributed by atoms with van der Waals surface area (Å²) >= 11 is 0. The number of urea groups is 1. The Labute approximate surface area is 174 Å². The third-order valence-corrected chi connectivity index (χ3v) is 5.80. The highest BCUT2D eigenvalue weighted by atomic mass is 16.2. The van der Waals surface area contributed by atoms with Crippen molar-refractivity contribution in [2.24, 2.45) is 0 Å². The number of aryl methyl sites for hydroxylation is 3. The molecule has 1 fully saturated rings. The van der Waals surface area contributed by atoms with E-state index in [9.17, 15) is 14.4 Å². The van der Waals surface area contributed by atoms with Gasteiger partial charge in [-0.05, 0) is 62.9 Å². The van der Waals surface area contributed by atoms with Crippen LogP contribution in [0.5, 0.6) is 0 Å². The van der Waals surface area contributed by atoms with Crippen LogP contribution >= 0.6 is 0 Å². The minimum atomic E-state index is -1.07. The number of carbonyl (C=O) groups excluding carboxylic acids is 3. The van der Waals surface area contributed by atoms with E-state index in [1.54, 1.807) is 19.1 Å². The molecule has 0 saturated carbocycles. The molecule has 3 N–H and O–H groups in total. The summed E-state index contributed by atoms with van der Waals surface area (Å²) in [6, 6.07) is 14.4. The van der Waals surface area contributed by atoms with Crippen LogP contribution in [0.3, 0.4) is 0 Å². The first-order chi connectivity index (χ1) is 14.3. The van der Waals surface area contributed by atoms with E-state index < -0.39 is 23.4 Å². The van der Waals surface area contributed by atoms with Crippen LogP contribution in [0.15, 0.2) is 48.5 Å². The van der Waals surface area contributed by atoms with Gasteiger partial charge < -0.3 is 10.3 Å². The van der Waals surface area contributed by atoms with E-state index in [0.717, 1.165) is 32.7 Å². The SMILES string of the molecule is Cc1[nH]c2ccc(C(=O)NN3C(=O)N[C@](C)(CCc4ccccc4)C3=O)cc2c1C. The van der Waals surface area contributed by atoms with Crippen LogP contribution in [0.4, 0.5) is 4.79 Å². The van der Waals surface area contributed by atoms with E-state index >= 15 is 0 Å². The first kappa shape index (κ1) is 19.7. The van der Waals surface area contributed by atoms with Gasteiger partial charge in [0.2, 0.25) is 0 Å². The number of rotatable bonds is 5. The van der Waals surface area contributed by atoms with Crippen molar-refractivity contribution in [3.05, 3.63) is 70.9 Å². The van der Waals surface area contributed by atoms with Crippen LogP contribution in [-0.2, 0) is 11.2 Å². The van der Waals surface area contributed by atoms with Crippen LogP contribution in [0, 0.1) is 13.8 Å². The van der Waals surface area contributed by atoms with Crippen LogP contribution in [0.25, 0.3) is 10.9 Å². The molecule has 4 rings (SSSR count). The summed E-state index contributed by atoms with van der Waals surface area (Å²) in [4.78, 5) is 41.3. The third kappa shape index (κ3) is 3.43. The van der Waals surface area contributed by atoms with Crippen molar-refractivity contribution in [2.75, 3.05) is 0 Å². The summed E-state index contributed by atoms with van der Waals surface area (Å²) < 4.78 is 0. The monoisotopic (exact) mass is 404 g/mol. The molecule has 0 unspecified atom stereocenters. The first-order valence-electron chi connectivity index (χ1n) is 9.89. The van der Waals surface area contributed by atoms with Crippen molar-refractivity contribution in [3.8, 4) is 0 Å². The lowest BCUT2D eigenvalue weighted by Gasteiger charge is -2.21. The largest absolute Gasteiger partial charge is 0.358 e. The Morgan fingerprint density at radius 3 is 2.57 bits per heavy atom. The van der Waals surface area contributed by atoms with Gasteiger partial charge in [0.25, 0.3) is 11.8 Å². The summed E-state index contributed by atoms with van der Waals surface area (Å²) in [6.45, 7) is 5.63. The Bertz CT molecular complexity index is 1150. The van der Waals surface area contributed by atoms with E-state index in [1.165, 1.54) is 0 Å². The molecule has 1 saturated heterocycles. The summed E-state index contributed by atoms with van der Waals surface area (Å²) in [7, 11) is 0. The molecule has 0 aliphatic carbocycles. The number of hydrazine groups is 1. The number of fused-ring (bicyclic) bond motifs is 1. The van der Waals surface area contributed by atoms with E-state index in [-0.39, 0.29) is 0 Å². The molecule has 0 spiro atoms. The number of nitrogens with one attached hydrogen (secondary N) is 3. The summed E-state index contributed by atoms with van der Waals surface area (Å²) in [5, 5.41) is 4.44. The second-order valence-electron chi connectivity index (χ2n) is 7.96. The molecule has 2 aromatic carbocycles. The number of benzene rings is 2. The highest BCUT2D eigenvalue weighted by Crippen LogP contribution is 2.24. The second-order valence-corrected chi connectivity index (χ2v) is 7.96. The number of H-pyrrole nitrogens is 1. The second kappa shape index (κ2) is 7.33. The van der Waals surface area contributed by atoms with Crippen molar-refractivity contribution in [1.82, 2.24) is 20.7 Å². The van der Waals surface area contributed by atoms with Crippen molar-refractivity contribution in [2.45, 2.75) is 39.2 Å². The average molecular weight is 404 g/mol. The molecule has 7 nitrogen and oxygen atoms in total. The molecule has 2 heterocycles. The number of aromatic nitrogens is 1. The zero-order valence-corrected chi connectivity index (χ0v) is 17.2. The molecule has 3 aromatic rings. The molecule has 0 bridgehead atoms. The lowest BCUT2D eigenvalue weighted by Crippen LogP contribution is -2.48. The number of hydrogen-bond donors (Lipinski definition) is 3. The number of carbonyl (C=O) groups is 3. The fourth-order valence-corrected chi connectivity index (χ4v) is 3.76. The highest BCUT2D eigenvalue weighted by molar-refractivity contribution is 6.09. The Hall–Kier alpha value is -3.61. The van der Waals surface area contributed by atoms with Crippen LogP contribution in [0.2, 0.25) is 0 Å². The Morgan fingerprint density at radius 2 is 1.83 bits per heavy atom. The minimum absolute atomic E-state index is 0.378. The maximum absolute atomic E-state index is 12.9. The van der Waals surface area contributed by atoms with E-state index in [0.29, 0.717) is 18.4 Å².